The second-order valence-electron chi connectivity index (χ2n) is 5.81. The molecule has 12 heteroatoms. The van der Waals surface area contributed by atoms with Crippen LogP contribution >= 0.6 is 11.8 Å². The van der Waals surface area contributed by atoms with Gasteiger partial charge in [0, 0.05) is 25.3 Å². The Morgan fingerprint density at radius 1 is 1.27 bits per heavy atom. The molecule has 0 bridgehead atoms. The van der Waals surface area contributed by atoms with Gasteiger partial charge in [-0.2, -0.15) is 0 Å². The summed E-state index contributed by atoms with van der Waals surface area (Å²) in [6, 6.07) is 2.88. The van der Waals surface area contributed by atoms with Crippen molar-refractivity contribution in [3.05, 3.63) is 24.4 Å². The smallest absolute Gasteiger partial charge is 0.283 e. The predicted octanol–water partition coefficient (Wildman–Crippen LogP) is 1.41. The Kier molecular flexibility index (Phi) is 4.54. The quantitative estimate of drug-likeness (QED) is 0.443. The van der Waals surface area contributed by atoms with Gasteiger partial charge in [-0.3, -0.25) is 0 Å². The number of hydrogen-bond donors (Lipinski definition) is 1. The molecule has 0 spiro atoms. The molecule has 0 unspecified atom stereocenters. The lowest BCUT2D eigenvalue weighted by atomic mass is 10.4. The number of aromatic nitrogens is 5. The molecule has 3 aromatic rings. The first kappa shape index (κ1) is 17.2. The average molecular weight is 396 g/mol. The van der Waals surface area contributed by atoms with E-state index in [4.69, 9.17) is 8.83 Å². The number of furan rings is 1. The van der Waals surface area contributed by atoms with Crippen molar-refractivity contribution >= 4 is 21.8 Å². The summed E-state index contributed by atoms with van der Waals surface area (Å²) in [4.78, 5) is 0. The Morgan fingerprint density at radius 3 is 2.85 bits per heavy atom. The minimum atomic E-state index is -3.76. The summed E-state index contributed by atoms with van der Waals surface area (Å²) in [6.45, 7) is 0.224. The molecule has 0 saturated heterocycles. The lowest BCUT2D eigenvalue weighted by molar-refractivity contribution is 0.432. The van der Waals surface area contributed by atoms with E-state index in [-0.39, 0.29) is 23.3 Å². The maximum Gasteiger partial charge on any atom is 0.283 e. The normalized spacial score (nSPS) is 14.8. The third kappa shape index (κ3) is 3.66. The Hall–Kier alpha value is -2.18. The highest BCUT2D eigenvalue weighted by molar-refractivity contribution is 7.99. The van der Waals surface area contributed by atoms with Crippen LogP contribution in [0.3, 0.4) is 0 Å². The fraction of sp³-hybridized carbons (Fsp3) is 0.429. The standard InChI is InChI=1S/C14H16N6O4S2/c1-20-8-15-19-14(20)25-7-6-16-26(21,22)11-5-4-10(23-11)13-18-17-12(24-13)9-2-3-9/h4-5,8-9,16H,2-3,6-7H2,1H3. The predicted molar refractivity (Wildman–Crippen MR) is 90.9 cm³/mol. The molecule has 4 rings (SSSR count). The molecule has 1 aliphatic rings. The van der Waals surface area contributed by atoms with E-state index in [1.807, 2.05) is 7.05 Å². The monoisotopic (exact) mass is 396 g/mol. The minimum absolute atomic E-state index is 0.186. The Balaban J connectivity index is 1.36. The lowest BCUT2D eigenvalue weighted by Gasteiger charge is -2.03. The van der Waals surface area contributed by atoms with Crippen LogP contribution in [-0.2, 0) is 17.1 Å². The first-order chi connectivity index (χ1) is 12.5. The van der Waals surface area contributed by atoms with Crippen LogP contribution in [0.15, 0.2) is 37.5 Å². The Bertz CT molecular complexity index is 1000. The van der Waals surface area contributed by atoms with Crippen molar-refractivity contribution in [2.75, 3.05) is 12.3 Å². The first-order valence-corrected chi connectivity index (χ1v) is 10.4. The summed E-state index contributed by atoms with van der Waals surface area (Å²) >= 11 is 1.40. The Morgan fingerprint density at radius 2 is 2.12 bits per heavy atom. The van der Waals surface area contributed by atoms with Crippen molar-refractivity contribution in [2.24, 2.45) is 7.05 Å². The zero-order chi connectivity index (χ0) is 18.1. The second kappa shape index (κ2) is 6.85. The number of rotatable bonds is 8. The molecule has 0 aliphatic heterocycles. The summed E-state index contributed by atoms with van der Waals surface area (Å²) < 4.78 is 39.8. The van der Waals surface area contributed by atoms with Crippen LogP contribution in [0.2, 0.25) is 0 Å². The van der Waals surface area contributed by atoms with E-state index in [1.54, 1.807) is 10.9 Å². The molecule has 0 aromatic carbocycles. The van der Waals surface area contributed by atoms with Crippen molar-refractivity contribution in [2.45, 2.75) is 29.0 Å². The number of nitrogens with zero attached hydrogens (tertiary/aromatic N) is 5. The first-order valence-electron chi connectivity index (χ1n) is 7.93. The van der Waals surface area contributed by atoms with E-state index in [0.717, 1.165) is 12.8 Å². The van der Waals surface area contributed by atoms with Gasteiger partial charge in [-0.05, 0) is 25.0 Å². The SMILES string of the molecule is Cn1cnnc1SCCNS(=O)(=O)c1ccc(-c2nnc(C3CC3)o2)o1. The third-order valence-electron chi connectivity index (χ3n) is 3.72. The molecule has 1 saturated carbocycles. The van der Waals surface area contributed by atoms with Gasteiger partial charge in [0.1, 0.15) is 6.33 Å². The summed E-state index contributed by atoms with van der Waals surface area (Å²) in [5.74, 6) is 1.82. The molecule has 10 nitrogen and oxygen atoms in total. The summed E-state index contributed by atoms with van der Waals surface area (Å²) in [7, 11) is -1.94. The van der Waals surface area contributed by atoms with Crippen LogP contribution in [-0.4, -0.2) is 45.7 Å². The molecule has 26 heavy (non-hydrogen) atoms. The highest BCUT2D eigenvalue weighted by Gasteiger charge is 2.30. The van der Waals surface area contributed by atoms with Crippen LogP contribution in [0.1, 0.15) is 24.7 Å². The Labute approximate surface area is 153 Å². The molecule has 138 valence electrons. The molecule has 3 heterocycles. The van der Waals surface area contributed by atoms with Gasteiger partial charge in [-0.1, -0.05) is 11.8 Å². The molecule has 0 amide bonds. The molecule has 3 aromatic heterocycles. The van der Waals surface area contributed by atoms with Crippen molar-refractivity contribution in [3.63, 3.8) is 0 Å². The number of hydrogen-bond acceptors (Lipinski definition) is 9. The molecular formula is C14H16N6O4S2. The van der Waals surface area contributed by atoms with E-state index in [9.17, 15) is 8.42 Å². The van der Waals surface area contributed by atoms with Crippen LogP contribution in [0.25, 0.3) is 11.7 Å². The third-order valence-corrected chi connectivity index (χ3v) is 6.09. The van der Waals surface area contributed by atoms with Gasteiger partial charge in [0.2, 0.25) is 11.0 Å². The van der Waals surface area contributed by atoms with Gasteiger partial charge in [-0.25, -0.2) is 13.1 Å². The number of thioether (sulfide) groups is 1. The van der Waals surface area contributed by atoms with Crippen molar-refractivity contribution in [3.8, 4) is 11.7 Å². The fourth-order valence-corrected chi connectivity index (χ4v) is 4.03. The summed E-state index contributed by atoms with van der Waals surface area (Å²) in [6.07, 6.45) is 3.66. The van der Waals surface area contributed by atoms with E-state index < -0.39 is 10.0 Å². The van der Waals surface area contributed by atoms with E-state index >= 15 is 0 Å². The van der Waals surface area contributed by atoms with Crippen LogP contribution in [0.4, 0.5) is 0 Å². The van der Waals surface area contributed by atoms with Gasteiger partial charge in [-0.15, -0.1) is 20.4 Å². The minimum Gasteiger partial charge on any atom is -0.438 e. The van der Waals surface area contributed by atoms with Gasteiger partial charge >= 0.3 is 0 Å². The maximum absolute atomic E-state index is 12.3. The fourth-order valence-electron chi connectivity index (χ4n) is 2.20. The highest BCUT2D eigenvalue weighted by Crippen LogP contribution is 2.40. The second-order valence-corrected chi connectivity index (χ2v) is 8.57. The van der Waals surface area contributed by atoms with Gasteiger partial charge in [0.25, 0.3) is 15.9 Å². The molecule has 1 N–H and O–H groups in total. The number of nitrogens with one attached hydrogen (secondary N) is 1. The molecule has 0 atom stereocenters. The number of sulfonamides is 1. The maximum atomic E-state index is 12.3. The lowest BCUT2D eigenvalue weighted by Crippen LogP contribution is -2.25. The van der Waals surface area contributed by atoms with E-state index in [0.29, 0.717) is 22.7 Å². The van der Waals surface area contributed by atoms with Crippen LogP contribution < -0.4 is 4.72 Å². The largest absolute Gasteiger partial charge is 0.438 e. The molecular weight excluding hydrogens is 380 g/mol. The van der Waals surface area contributed by atoms with E-state index in [2.05, 4.69) is 25.1 Å². The zero-order valence-electron chi connectivity index (χ0n) is 13.8. The summed E-state index contributed by atoms with van der Waals surface area (Å²) in [5.41, 5.74) is 0. The number of aryl methyl sites for hydroxylation is 1. The molecule has 0 radical (unpaired) electrons. The van der Waals surface area contributed by atoms with Gasteiger partial charge < -0.3 is 13.4 Å². The van der Waals surface area contributed by atoms with Crippen LogP contribution in [0.5, 0.6) is 0 Å². The van der Waals surface area contributed by atoms with Crippen molar-refractivity contribution in [1.82, 2.24) is 29.7 Å². The van der Waals surface area contributed by atoms with E-state index in [1.165, 1.54) is 23.9 Å². The van der Waals surface area contributed by atoms with Gasteiger partial charge in [0.05, 0.1) is 0 Å². The summed E-state index contributed by atoms with van der Waals surface area (Å²) in [5, 5.41) is 16.1. The average Bonchev–Trinajstić information content (AvgIpc) is 3.03. The van der Waals surface area contributed by atoms with Crippen LogP contribution in [0, 0.1) is 0 Å². The van der Waals surface area contributed by atoms with Crippen molar-refractivity contribution < 1.29 is 17.3 Å². The van der Waals surface area contributed by atoms with Gasteiger partial charge in [0.15, 0.2) is 10.9 Å². The van der Waals surface area contributed by atoms with Crippen molar-refractivity contribution in [1.29, 1.82) is 0 Å². The molecule has 1 aliphatic carbocycles. The topological polar surface area (TPSA) is 129 Å². The highest BCUT2D eigenvalue weighted by atomic mass is 32.2. The molecule has 1 fully saturated rings. The zero-order valence-corrected chi connectivity index (χ0v) is 15.5.